The standard InChI is InChI=1S/C9H15N3O2/c1-12(2)9(13)3-4-10-5-8-6-11-7-14-8/h6-7,10H,3-5H2,1-2H3. The van der Waals surface area contributed by atoms with Crippen molar-refractivity contribution in [3.63, 3.8) is 0 Å². The fraction of sp³-hybridized carbons (Fsp3) is 0.556. The minimum absolute atomic E-state index is 0.120. The van der Waals surface area contributed by atoms with E-state index in [2.05, 4.69) is 10.3 Å². The lowest BCUT2D eigenvalue weighted by Gasteiger charge is -2.09. The predicted octanol–water partition coefficient (Wildman–Crippen LogP) is 0.242. The summed E-state index contributed by atoms with van der Waals surface area (Å²) in [6, 6.07) is 0. The molecule has 0 unspecified atom stereocenters. The van der Waals surface area contributed by atoms with Crippen molar-refractivity contribution in [3.05, 3.63) is 18.4 Å². The maximum atomic E-state index is 11.2. The molecule has 0 fully saturated rings. The molecule has 78 valence electrons. The summed E-state index contributed by atoms with van der Waals surface area (Å²) in [5, 5.41) is 3.09. The van der Waals surface area contributed by atoms with Gasteiger partial charge in [0.25, 0.3) is 0 Å². The molecule has 0 aliphatic heterocycles. The summed E-state index contributed by atoms with van der Waals surface area (Å²) in [7, 11) is 3.50. The Morgan fingerprint density at radius 2 is 2.43 bits per heavy atom. The summed E-state index contributed by atoms with van der Waals surface area (Å²) in [5.41, 5.74) is 0. The van der Waals surface area contributed by atoms with Crippen LogP contribution in [0.25, 0.3) is 0 Å². The van der Waals surface area contributed by atoms with E-state index in [0.29, 0.717) is 19.5 Å². The Balaban J connectivity index is 2.08. The van der Waals surface area contributed by atoms with Crippen LogP contribution in [-0.2, 0) is 11.3 Å². The quantitative estimate of drug-likeness (QED) is 0.687. The smallest absolute Gasteiger partial charge is 0.223 e. The van der Waals surface area contributed by atoms with Crippen molar-refractivity contribution in [2.24, 2.45) is 0 Å². The zero-order valence-electron chi connectivity index (χ0n) is 8.49. The molecule has 1 heterocycles. The number of aromatic nitrogens is 1. The topological polar surface area (TPSA) is 58.4 Å². The lowest BCUT2D eigenvalue weighted by molar-refractivity contribution is -0.128. The average Bonchev–Trinajstić information content (AvgIpc) is 2.64. The fourth-order valence-electron chi connectivity index (χ4n) is 0.960. The average molecular weight is 197 g/mol. The number of hydrogen-bond donors (Lipinski definition) is 1. The first kappa shape index (κ1) is 10.7. The van der Waals surface area contributed by atoms with Crippen molar-refractivity contribution in [2.45, 2.75) is 13.0 Å². The number of oxazole rings is 1. The second-order valence-corrected chi connectivity index (χ2v) is 3.18. The van der Waals surface area contributed by atoms with E-state index >= 15 is 0 Å². The third-order valence-electron chi connectivity index (χ3n) is 1.80. The minimum Gasteiger partial charge on any atom is -0.447 e. The molecule has 14 heavy (non-hydrogen) atoms. The van der Waals surface area contributed by atoms with Crippen LogP contribution >= 0.6 is 0 Å². The fourth-order valence-corrected chi connectivity index (χ4v) is 0.960. The van der Waals surface area contributed by atoms with E-state index in [1.165, 1.54) is 6.39 Å². The Kier molecular flexibility index (Phi) is 4.12. The van der Waals surface area contributed by atoms with Crippen LogP contribution in [0.4, 0.5) is 0 Å². The normalized spacial score (nSPS) is 10.1. The molecule has 1 aromatic heterocycles. The van der Waals surface area contributed by atoms with Gasteiger partial charge in [0, 0.05) is 27.1 Å². The summed E-state index contributed by atoms with van der Waals surface area (Å²) in [5.74, 6) is 0.900. The number of hydrogen-bond acceptors (Lipinski definition) is 4. The Morgan fingerprint density at radius 3 is 3.00 bits per heavy atom. The maximum absolute atomic E-state index is 11.2. The van der Waals surface area contributed by atoms with Gasteiger partial charge in [-0.05, 0) is 0 Å². The number of nitrogens with zero attached hydrogens (tertiary/aromatic N) is 2. The minimum atomic E-state index is 0.120. The van der Waals surface area contributed by atoms with Crippen LogP contribution in [0.15, 0.2) is 17.0 Å². The molecule has 0 atom stereocenters. The van der Waals surface area contributed by atoms with Gasteiger partial charge < -0.3 is 14.6 Å². The molecule has 0 bridgehead atoms. The zero-order chi connectivity index (χ0) is 10.4. The lowest BCUT2D eigenvalue weighted by atomic mass is 10.3. The number of nitrogens with one attached hydrogen (secondary N) is 1. The molecule has 0 aliphatic carbocycles. The van der Waals surface area contributed by atoms with E-state index in [0.717, 1.165) is 5.76 Å². The number of carbonyl (C=O) groups is 1. The molecule has 0 saturated carbocycles. The van der Waals surface area contributed by atoms with E-state index in [9.17, 15) is 4.79 Å². The molecule has 0 radical (unpaired) electrons. The van der Waals surface area contributed by atoms with E-state index in [1.54, 1.807) is 25.2 Å². The first-order valence-electron chi connectivity index (χ1n) is 4.48. The van der Waals surface area contributed by atoms with Crippen LogP contribution < -0.4 is 5.32 Å². The van der Waals surface area contributed by atoms with E-state index < -0.39 is 0 Å². The van der Waals surface area contributed by atoms with Crippen molar-refractivity contribution in [2.75, 3.05) is 20.6 Å². The van der Waals surface area contributed by atoms with E-state index in [4.69, 9.17) is 4.42 Å². The highest BCUT2D eigenvalue weighted by Crippen LogP contribution is 1.94. The number of amides is 1. The number of rotatable bonds is 5. The summed E-state index contributed by atoms with van der Waals surface area (Å²) in [6.45, 7) is 1.26. The largest absolute Gasteiger partial charge is 0.447 e. The van der Waals surface area contributed by atoms with Crippen molar-refractivity contribution >= 4 is 5.91 Å². The van der Waals surface area contributed by atoms with Gasteiger partial charge in [0.15, 0.2) is 6.39 Å². The third-order valence-corrected chi connectivity index (χ3v) is 1.80. The van der Waals surface area contributed by atoms with Crippen LogP contribution in [-0.4, -0.2) is 36.4 Å². The lowest BCUT2D eigenvalue weighted by Crippen LogP contribution is -2.26. The van der Waals surface area contributed by atoms with Gasteiger partial charge in [0.05, 0.1) is 12.7 Å². The second kappa shape index (κ2) is 5.39. The molecule has 0 aliphatic rings. The first-order valence-corrected chi connectivity index (χ1v) is 4.48. The van der Waals surface area contributed by atoms with Gasteiger partial charge >= 0.3 is 0 Å². The van der Waals surface area contributed by atoms with Crippen molar-refractivity contribution < 1.29 is 9.21 Å². The monoisotopic (exact) mass is 197 g/mol. The predicted molar refractivity (Wildman–Crippen MR) is 51.5 cm³/mol. The molecule has 1 aromatic rings. The molecule has 5 heteroatoms. The van der Waals surface area contributed by atoms with E-state index in [-0.39, 0.29) is 5.91 Å². The van der Waals surface area contributed by atoms with Gasteiger partial charge in [0.1, 0.15) is 5.76 Å². The van der Waals surface area contributed by atoms with Crippen LogP contribution in [0.1, 0.15) is 12.2 Å². The summed E-state index contributed by atoms with van der Waals surface area (Å²) >= 11 is 0. The van der Waals surface area contributed by atoms with Crippen LogP contribution in [0.5, 0.6) is 0 Å². The van der Waals surface area contributed by atoms with Crippen molar-refractivity contribution in [1.82, 2.24) is 15.2 Å². The molecular weight excluding hydrogens is 182 g/mol. The summed E-state index contributed by atoms with van der Waals surface area (Å²) in [4.78, 5) is 16.5. The van der Waals surface area contributed by atoms with Gasteiger partial charge in [-0.3, -0.25) is 4.79 Å². The maximum Gasteiger partial charge on any atom is 0.223 e. The highest BCUT2D eigenvalue weighted by Gasteiger charge is 2.02. The highest BCUT2D eigenvalue weighted by atomic mass is 16.3. The molecule has 5 nitrogen and oxygen atoms in total. The molecule has 1 amide bonds. The van der Waals surface area contributed by atoms with Gasteiger partial charge in [-0.1, -0.05) is 0 Å². The first-order chi connectivity index (χ1) is 6.70. The Bertz CT molecular complexity index is 270. The zero-order valence-corrected chi connectivity index (χ0v) is 8.49. The third kappa shape index (κ3) is 3.57. The molecule has 0 spiro atoms. The van der Waals surface area contributed by atoms with Gasteiger partial charge in [-0.25, -0.2) is 4.98 Å². The summed E-state index contributed by atoms with van der Waals surface area (Å²) in [6.07, 6.45) is 3.55. The van der Waals surface area contributed by atoms with E-state index in [1.807, 2.05) is 0 Å². The van der Waals surface area contributed by atoms with Gasteiger partial charge in [0.2, 0.25) is 5.91 Å². The molecule has 0 aromatic carbocycles. The molecule has 1 rings (SSSR count). The van der Waals surface area contributed by atoms with Crippen LogP contribution in [0.2, 0.25) is 0 Å². The van der Waals surface area contributed by atoms with Gasteiger partial charge in [-0.2, -0.15) is 0 Å². The van der Waals surface area contributed by atoms with Crippen molar-refractivity contribution in [3.8, 4) is 0 Å². The molecular formula is C9H15N3O2. The summed E-state index contributed by atoms with van der Waals surface area (Å²) < 4.78 is 5.02. The van der Waals surface area contributed by atoms with Crippen molar-refractivity contribution in [1.29, 1.82) is 0 Å². The van der Waals surface area contributed by atoms with Crippen LogP contribution in [0, 0.1) is 0 Å². The Labute approximate surface area is 83.1 Å². The van der Waals surface area contributed by atoms with Gasteiger partial charge in [-0.15, -0.1) is 0 Å². The van der Waals surface area contributed by atoms with Crippen LogP contribution in [0.3, 0.4) is 0 Å². The molecule has 0 saturated heterocycles. The number of carbonyl (C=O) groups excluding carboxylic acids is 1. The molecule has 1 N–H and O–H groups in total. The SMILES string of the molecule is CN(C)C(=O)CCNCc1cnco1. The second-order valence-electron chi connectivity index (χ2n) is 3.18. The Morgan fingerprint density at radius 1 is 1.64 bits per heavy atom. The Hall–Kier alpha value is -1.36. The highest BCUT2D eigenvalue weighted by molar-refractivity contribution is 5.75.